The fraction of sp³-hybridized carbons (Fsp3) is 1.00. The van der Waals surface area contributed by atoms with Crippen LogP contribution in [-0.2, 0) is 0 Å². The Balaban J connectivity index is 2.32. The van der Waals surface area contributed by atoms with Crippen molar-refractivity contribution in [2.24, 2.45) is 5.92 Å². The second-order valence-corrected chi connectivity index (χ2v) is 4.55. The van der Waals surface area contributed by atoms with Gasteiger partial charge in [-0.1, -0.05) is 33.6 Å². The van der Waals surface area contributed by atoms with Gasteiger partial charge < -0.3 is 5.32 Å². The molecule has 13 heavy (non-hydrogen) atoms. The molecule has 2 unspecified atom stereocenters. The van der Waals surface area contributed by atoms with Gasteiger partial charge in [-0.15, -0.1) is 0 Å². The molecule has 1 N–H and O–H groups in total. The summed E-state index contributed by atoms with van der Waals surface area (Å²) in [5.41, 5.74) is 0. The molecule has 0 spiro atoms. The van der Waals surface area contributed by atoms with Crippen molar-refractivity contribution in [1.82, 2.24) is 5.32 Å². The number of nitrogens with one attached hydrogen (secondary N) is 1. The van der Waals surface area contributed by atoms with Crippen molar-refractivity contribution >= 4 is 0 Å². The molecule has 1 rings (SSSR count). The fourth-order valence-electron chi connectivity index (χ4n) is 2.39. The van der Waals surface area contributed by atoms with Crippen molar-refractivity contribution in [3.63, 3.8) is 0 Å². The fourth-order valence-corrected chi connectivity index (χ4v) is 2.39. The minimum absolute atomic E-state index is 0.755. The monoisotopic (exact) mass is 183 g/mol. The van der Waals surface area contributed by atoms with Crippen molar-refractivity contribution in [2.75, 3.05) is 0 Å². The minimum Gasteiger partial charge on any atom is -0.311 e. The number of rotatable bonds is 4. The first-order valence-electron chi connectivity index (χ1n) is 6.04. The SMILES string of the molecule is CCC(CC)NC1CCCCC1C. The lowest BCUT2D eigenvalue weighted by Gasteiger charge is -2.32. The smallest absolute Gasteiger partial charge is 0.00952 e. The quantitative estimate of drug-likeness (QED) is 0.705. The standard InChI is InChI=1S/C12H25N/c1-4-11(5-2)13-12-9-7-6-8-10(12)3/h10-13H,4-9H2,1-3H3. The van der Waals surface area contributed by atoms with Crippen LogP contribution in [0, 0.1) is 5.92 Å². The highest BCUT2D eigenvalue weighted by Crippen LogP contribution is 2.24. The average molecular weight is 183 g/mol. The van der Waals surface area contributed by atoms with E-state index in [1.165, 1.54) is 38.5 Å². The van der Waals surface area contributed by atoms with Gasteiger partial charge in [0, 0.05) is 12.1 Å². The van der Waals surface area contributed by atoms with Crippen LogP contribution in [-0.4, -0.2) is 12.1 Å². The normalized spacial score (nSPS) is 29.5. The van der Waals surface area contributed by atoms with Gasteiger partial charge in [0.25, 0.3) is 0 Å². The van der Waals surface area contributed by atoms with Gasteiger partial charge in [-0.25, -0.2) is 0 Å². The second kappa shape index (κ2) is 5.64. The highest BCUT2D eigenvalue weighted by atomic mass is 15.0. The molecular formula is C12H25N. The minimum atomic E-state index is 0.755. The van der Waals surface area contributed by atoms with E-state index in [4.69, 9.17) is 0 Å². The zero-order chi connectivity index (χ0) is 9.68. The molecule has 0 aromatic heterocycles. The van der Waals surface area contributed by atoms with E-state index in [0.29, 0.717) is 0 Å². The Morgan fingerprint density at radius 1 is 1.15 bits per heavy atom. The van der Waals surface area contributed by atoms with E-state index < -0.39 is 0 Å². The van der Waals surface area contributed by atoms with Gasteiger partial charge in [0.15, 0.2) is 0 Å². The second-order valence-electron chi connectivity index (χ2n) is 4.55. The zero-order valence-electron chi connectivity index (χ0n) is 9.47. The van der Waals surface area contributed by atoms with E-state index in [1.807, 2.05) is 0 Å². The van der Waals surface area contributed by atoms with Crippen LogP contribution < -0.4 is 5.32 Å². The molecular weight excluding hydrogens is 158 g/mol. The molecule has 0 saturated heterocycles. The van der Waals surface area contributed by atoms with Crippen molar-refractivity contribution < 1.29 is 0 Å². The Bertz CT molecular complexity index is 129. The summed E-state index contributed by atoms with van der Waals surface area (Å²) in [6.07, 6.45) is 8.26. The molecule has 0 aromatic rings. The molecule has 0 amide bonds. The van der Waals surface area contributed by atoms with Crippen LogP contribution in [0.5, 0.6) is 0 Å². The first-order chi connectivity index (χ1) is 6.27. The molecule has 1 saturated carbocycles. The molecule has 1 aliphatic rings. The Kier molecular flexibility index (Phi) is 4.79. The van der Waals surface area contributed by atoms with Gasteiger partial charge in [-0.05, 0) is 31.6 Å². The van der Waals surface area contributed by atoms with Gasteiger partial charge in [0.1, 0.15) is 0 Å². The van der Waals surface area contributed by atoms with Crippen LogP contribution in [0.1, 0.15) is 59.3 Å². The van der Waals surface area contributed by atoms with Crippen LogP contribution in [0.25, 0.3) is 0 Å². The predicted octanol–water partition coefficient (Wildman–Crippen LogP) is 3.34. The molecule has 1 nitrogen and oxygen atoms in total. The van der Waals surface area contributed by atoms with E-state index in [2.05, 4.69) is 26.1 Å². The third-order valence-corrected chi connectivity index (χ3v) is 3.55. The highest BCUT2D eigenvalue weighted by Gasteiger charge is 2.22. The summed E-state index contributed by atoms with van der Waals surface area (Å²) >= 11 is 0. The molecule has 1 aliphatic carbocycles. The lowest BCUT2D eigenvalue weighted by Crippen LogP contribution is -2.43. The molecule has 0 bridgehead atoms. The predicted molar refractivity (Wildman–Crippen MR) is 58.9 cm³/mol. The molecule has 1 fully saturated rings. The molecule has 0 aliphatic heterocycles. The van der Waals surface area contributed by atoms with E-state index in [9.17, 15) is 0 Å². The van der Waals surface area contributed by atoms with Crippen LogP contribution in [0.3, 0.4) is 0 Å². The summed E-state index contributed by atoms with van der Waals surface area (Å²) in [4.78, 5) is 0. The molecule has 0 heterocycles. The van der Waals surface area contributed by atoms with Gasteiger partial charge in [-0.3, -0.25) is 0 Å². The Hall–Kier alpha value is -0.0400. The summed E-state index contributed by atoms with van der Waals surface area (Å²) in [6.45, 7) is 6.97. The van der Waals surface area contributed by atoms with E-state index in [1.54, 1.807) is 0 Å². The van der Waals surface area contributed by atoms with Crippen molar-refractivity contribution in [2.45, 2.75) is 71.4 Å². The summed E-state index contributed by atoms with van der Waals surface area (Å²) in [5.74, 6) is 0.898. The van der Waals surface area contributed by atoms with E-state index >= 15 is 0 Å². The Morgan fingerprint density at radius 2 is 1.77 bits per heavy atom. The third-order valence-electron chi connectivity index (χ3n) is 3.55. The first-order valence-corrected chi connectivity index (χ1v) is 6.04. The highest BCUT2D eigenvalue weighted by molar-refractivity contribution is 4.80. The van der Waals surface area contributed by atoms with Crippen molar-refractivity contribution in [1.29, 1.82) is 0 Å². The summed E-state index contributed by atoms with van der Waals surface area (Å²) < 4.78 is 0. The molecule has 0 radical (unpaired) electrons. The van der Waals surface area contributed by atoms with Crippen LogP contribution in [0.4, 0.5) is 0 Å². The van der Waals surface area contributed by atoms with Gasteiger partial charge >= 0.3 is 0 Å². The first kappa shape index (κ1) is 11.0. The average Bonchev–Trinajstić information content (AvgIpc) is 2.17. The largest absolute Gasteiger partial charge is 0.311 e. The topological polar surface area (TPSA) is 12.0 Å². The summed E-state index contributed by atoms with van der Waals surface area (Å²) in [6, 6.07) is 1.56. The van der Waals surface area contributed by atoms with Crippen LogP contribution in [0.15, 0.2) is 0 Å². The van der Waals surface area contributed by atoms with E-state index in [-0.39, 0.29) is 0 Å². The molecule has 0 aromatic carbocycles. The van der Waals surface area contributed by atoms with Crippen LogP contribution in [0.2, 0.25) is 0 Å². The maximum atomic E-state index is 3.81. The lowest BCUT2D eigenvalue weighted by atomic mass is 9.85. The van der Waals surface area contributed by atoms with Gasteiger partial charge in [-0.2, -0.15) is 0 Å². The van der Waals surface area contributed by atoms with Gasteiger partial charge in [0.2, 0.25) is 0 Å². The molecule has 78 valence electrons. The summed E-state index contributed by atoms with van der Waals surface area (Å²) in [7, 11) is 0. The Morgan fingerprint density at radius 3 is 2.31 bits per heavy atom. The van der Waals surface area contributed by atoms with Crippen molar-refractivity contribution in [3.8, 4) is 0 Å². The maximum Gasteiger partial charge on any atom is 0.00952 e. The molecule has 1 heteroatoms. The number of hydrogen-bond acceptors (Lipinski definition) is 1. The summed E-state index contributed by atoms with van der Waals surface area (Å²) in [5, 5.41) is 3.81. The van der Waals surface area contributed by atoms with Gasteiger partial charge in [0.05, 0.1) is 0 Å². The van der Waals surface area contributed by atoms with E-state index in [0.717, 1.165) is 18.0 Å². The molecule has 2 atom stereocenters. The van der Waals surface area contributed by atoms with Crippen LogP contribution >= 0.6 is 0 Å². The lowest BCUT2D eigenvalue weighted by molar-refractivity contribution is 0.253. The third kappa shape index (κ3) is 3.30. The number of hydrogen-bond donors (Lipinski definition) is 1. The maximum absolute atomic E-state index is 3.81. The zero-order valence-corrected chi connectivity index (χ0v) is 9.47. The Labute approximate surface area is 83.3 Å². The van der Waals surface area contributed by atoms with Crippen molar-refractivity contribution in [3.05, 3.63) is 0 Å².